The van der Waals surface area contributed by atoms with Gasteiger partial charge in [-0.25, -0.2) is 4.39 Å². The summed E-state index contributed by atoms with van der Waals surface area (Å²) in [4.78, 5) is 14.5. The summed E-state index contributed by atoms with van der Waals surface area (Å²) in [5.41, 5.74) is 6.70. The average Bonchev–Trinajstić information content (AvgIpc) is 2.92. The molecule has 22 heavy (non-hydrogen) atoms. The highest BCUT2D eigenvalue weighted by atomic mass is 19.1. The summed E-state index contributed by atoms with van der Waals surface area (Å²) >= 11 is 0. The Bertz CT molecular complexity index is 575. The van der Waals surface area contributed by atoms with Crippen LogP contribution < -0.4 is 11.1 Å². The molecule has 1 aliphatic heterocycles. The molecule has 0 saturated carbocycles. The van der Waals surface area contributed by atoms with Crippen LogP contribution in [-0.4, -0.2) is 36.5 Å². The molecule has 1 amide bonds. The number of rotatable bonds is 3. The Morgan fingerprint density at radius 1 is 1.41 bits per heavy atom. The number of hydrogen-bond acceptors (Lipinski definition) is 3. The molecule has 2 aliphatic rings. The lowest BCUT2D eigenvalue weighted by atomic mass is 9.99. The zero-order chi connectivity index (χ0) is 15.5. The summed E-state index contributed by atoms with van der Waals surface area (Å²) in [7, 11) is 0. The fourth-order valence-electron chi connectivity index (χ4n) is 3.31. The number of carbonyl (C=O) groups excluding carboxylic acids is 1. The molecule has 3 atom stereocenters. The monoisotopic (exact) mass is 303 g/mol. The number of amides is 1. The van der Waals surface area contributed by atoms with E-state index >= 15 is 0 Å². The molecule has 1 saturated heterocycles. The van der Waals surface area contributed by atoms with Crippen LogP contribution in [-0.2, 0) is 4.79 Å². The first-order chi connectivity index (χ1) is 10.6. The molecule has 0 bridgehead atoms. The number of hydrogen-bond donors (Lipinski definition) is 2. The van der Waals surface area contributed by atoms with Gasteiger partial charge >= 0.3 is 0 Å². The maximum Gasteiger partial charge on any atom is 0.223 e. The van der Waals surface area contributed by atoms with Crippen molar-refractivity contribution in [2.45, 2.75) is 24.9 Å². The second-order valence-corrected chi connectivity index (χ2v) is 6.11. The van der Waals surface area contributed by atoms with Crippen LogP contribution in [0.3, 0.4) is 0 Å². The quantitative estimate of drug-likeness (QED) is 0.834. The number of piperazine rings is 1. The van der Waals surface area contributed by atoms with E-state index in [-0.39, 0.29) is 29.7 Å². The van der Waals surface area contributed by atoms with E-state index in [1.165, 1.54) is 12.1 Å². The zero-order valence-electron chi connectivity index (χ0n) is 12.5. The van der Waals surface area contributed by atoms with Gasteiger partial charge in [0.15, 0.2) is 0 Å². The van der Waals surface area contributed by atoms with Crippen molar-refractivity contribution in [3.8, 4) is 0 Å². The van der Waals surface area contributed by atoms with E-state index in [0.717, 1.165) is 18.5 Å². The molecule has 0 radical (unpaired) electrons. The van der Waals surface area contributed by atoms with Gasteiger partial charge in [-0.15, -0.1) is 0 Å². The van der Waals surface area contributed by atoms with Crippen LogP contribution in [0.5, 0.6) is 0 Å². The topological polar surface area (TPSA) is 58.4 Å². The van der Waals surface area contributed by atoms with Crippen molar-refractivity contribution in [3.05, 3.63) is 47.8 Å². The molecule has 0 aromatic heterocycles. The van der Waals surface area contributed by atoms with Crippen molar-refractivity contribution in [2.75, 3.05) is 19.6 Å². The van der Waals surface area contributed by atoms with Crippen LogP contribution in [0.1, 0.15) is 24.4 Å². The normalized spacial score (nSPS) is 28.1. The predicted molar refractivity (Wildman–Crippen MR) is 83.6 cm³/mol. The van der Waals surface area contributed by atoms with E-state index < -0.39 is 0 Å². The van der Waals surface area contributed by atoms with E-state index in [1.54, 1.807) is 6.07 Å². The van der Waals surface area contributed by atoms with Crippen LogP contribution >= 0.6 is 0 Å². The Kier molecular flexibility index (Phi) is 4.55. The molecule has 0 spiro atoms. The number of halogens is 1. The lowest BCUT2D eigenvalue weighted by Crippen LogP contribution is -2.49. The summed E-state index contributed by atoms with van der Waals surface area (Å²) in [5.74, 6) is 0.0882. The van der Waals surface area contributed by atoms with E-state index in [1.807, 2.05) is 23.1 Å². The SMILES string of the molecule is N[C@@H]1C=C[C@H](CC(=O)N2CCNCC2c2cccc(F)c2)C1. The van der Waals surface area contributed by atoms with E-state index in [0.29, 0.717) is 19.5 Å². The zero-order valence-corrected chi connectivity index (χ0v) is 12.5. The molecule has 1 heterocycles. The Hall–Kier alpha value is -1.72. The van der Waals surface area contributed by atoms with Gasteiger partial charge in [0.05, 0.1) is 6.04 Å². The highest BCUT2D eigenvalue weighted by Crippen LogP contribution is 2.27. The molecule has 3 rings (SSSR count). The molecular weight excluding hydrogens is 281 g/mol. The lowest BCUT2D eigenvalue weighted by molar-refractivity contribution is -0.135. The second kappa shape index (κ2) is 6.58. The maximum absolute atomic E-state index is 13.5. The predicted octanol–water partition coefficient (Wildman–Crippen LogP) is 1.59. The number of allylic oxidation sites excluding steroid dienone is 1. The Balaban J connectivity index is 1.72. The standard InChI is InChI=1S/C17H22FN3O/c18-14-3-1-2-13(10-14)16-11-20-6-7-21(16)17(22)9-12-4-5-15(19)8-12/h1-5,10,12,15-16,20H,6-9,11,19H2/t12-,15+,16?/m0/s1. The molecule has 1 unspecified atom stereocenters. The minimum Gasteiger partial charge on any atom is -0.333 e. The molecule has 3 N–H and O–H groups in total. The van der Waals surface area contributed by atoms with Gasteiger partial charge in [0.1, 0.15) is 5.82 Å². The molecule has 1 aliphatic carbocycles. The van der Waals surface area contributed by atoms with Crippen molar-refractivity contribution >= 4 is 5.91 Å². The van der Waals surface area contributed by atoms with Crippen molar-refractivity contribution in [2.24, 2.45) is 11.7 Å². The minimum atomic E-state index is -0.264. The molecule has 1 aromatic rings. The molecule has 1 aromatic carbocycles. The summed E-state index contributed by atoms with van der Waals surface area (Å²) in [6.45, 7) is 2.09. The summed E-state index contributed by atoms with van der Waals surface area (Å²) in [5, 5.41) is 3.29. The third-order valence-corrected chi connectivity index (χ3v) is 4.44. The van der Waals surface area contributed by atoms with Gasteiger partial charge in [-0.2, -0.15) is 0 Å². The van der Waals surface area contributed by atoms with Crippen LogP contribution in [0.2, 0.25) is 0 Å². The van der Waals surface area contributed by atoms with Gasteiger partial charge in [-0.05, 0) is 30.0 Å². The number of benzene rings is 1. The molecule has 4 nitrogen and oxygen atoms in total. The van der Waals surface area contributed by atoms with Crippen LogP contribution in [0.4, 0.5) is 4.39 Å². The first-order valence-corrected chi connectivity index (χ1v) is 7.83. The first kappa shape index (κ1) is 15.2. The summed E-state index contributed by atoms with van der Waals surface area (Å²) in [6.07, 6.45) is 5.33. The highest BCUT2D eigenvalue weighted by Gasteiger charge is 2.30. The Morgan fingerprint density at radius 3 is 3.00 bits per heavy atom. The second-order valence-electron chi connectivity index (χ2n) is 6.11. The van der Waals surface area contributed by atoms with E-state index in [9.17, 15) is 9.18 Å². The number of carbonyl (C=O) groups is 1. The van der Waals surface area contributed by atoms with Crippen LogP contribution in [0.25, 0.3) is 0 Å². The fraction of sp³-hybridized carbons (Fsp3) is 0.471. The summed E-state index contributed by atoms with van der Waals surface area (Å²) in [6, 6.07) is 6.49. The van der Waals surface area contributed by atoms with Gasteiger partial charge in [-0.3, -0.25) is 4.79 Å². The Morgan fingerprint density at radius 2 is 2.27 bits per heavy atom. The molecule has 118 valence electrons. The number of nitrogens with one attached hydrogen (secondary N) is 1. The van der Waals surface area contributed by atoms with E-state index in [4.69, 9.17) is 5.73 Å². The lowest BCUT2D eigenvalue weighted by Gasteiger charge is -2.37. The van der Waals surface area contributed by atoms with Gasteiger partial charge < -0.3 is 16.0 Å². The largest absolute Gasteiger partial charge is 0.333 e. The number of nitrogens with zero attached hydrogens (tertiary/aromatic N) is 1. The van der Waals surface area contributed by atoms with Gasteiger partial charge in [0.25, 0.3) is 0 Å². The van der Waals surface area contributed by atoms with Gasteiger partial charge in [0, 0.05) is 32.1 Å². The van der Waals surface area contributed by atoms with Crippen molar-refractivity contribution in [1.29, 1.82) is 0 Å². The van der Waals surface area contributed by atoms with Gasteiger partial charge in [-0.1, -0.05) is 24.3 Å². The minimum absolute atomic E-state index is 0.0693. The third-order valence-electron chi connectivity index (χ3n) is 4.44. The maximum atomic E-state index is 13.5. The Labute approximate surface area is 130 Å². The molecule has 1 fully saturated rings. The van der Waals surface area contributed by atoms with E-state index in [2.05, 4.69) is 5.32 Å². The highest BCUT2D eigenvalue weighted by molar-refractivity contribution is 5.77. The fourth-order valence-corrected chi connectivity index (χ4v) is 3.31. The molecular formula is C17H22FN3O. The van der Waals surface area contributed by atoms with Crippen LogP contribution in [0, 0.1) is 11.7 Å². The average molecular weight is 303 g/mol. The molecule has 5 heteroatoms. The van der Waals surface area contributed by atoms with Gasteiger partial charge in [0.2, 0.25) is 5.91 Å². The van der Waals surface area contributed by atoms with Crippen molar-refractivity contribution in [1.82, 2.24) is 10.2 Å². The smallest absolute Gasteiger partial charge is 0.223 e. The number of nitrogens with two attached hydrogens (primary N) is 1. The summed E-state index contributed by atoms with van der Waals surface area (Å²) < 4.78 is 13.5. The first-order valence-electron chi connectivity index (χ1n) is 7.83. The third kappa shape index (κ3) is 3.36. The van der Waals surface area contributed by atoms with Crippen molar-refractivity contribution in [3.63, 3.8) is 0 Å². The van der Waals surface area contributed by atoms with Crippen LogP contribution in [0.15, 0.2) is 36.4 Å². The van der Waals surface area contributed by atoms with Crippen molar-refractivity contribution < 1.29 is 9.18 Å².